The summed E-state index contributed by atoms with van der Waals surface area (Å²) in [6, 6.07) is 10.7. The zero-order valence-electron chi connectivity index (χ0n) is 21.2. The van der Waals surface area contributed by atoms with E-state index in [1.807, 2.05) is 30.3 Å². The minimum Gasteiger partial charge on any atom is -0.379 e. The minimum atomic E-state index is -4.98. The number of nitrogens with one attached hydrogen (secondary N) is 1. The molecular formula is C28H32F6N2O2. The van der Waals surface area contributed by atoms with Crippen LogP contribution in [0.3, 0.4) is 0 Å². The monoisotopic (exact) mass is 542 g/mol. The van der Waals surface area contributed by atoms with Gasteiger partial charge in [-0.3, -0.25) is 9.69 Å². The number of nitrogens with zero attached hydrogens (tertiary/aromatic N) is 1. The van der Waals surface area contributed by atoms with Gasteiger partial charge in [-0.15, -0.1) is 0 Å². The van der Waals surface area contributed by atoms with Gasteiger partial charge in [0.1, 0.15) is 0 Å². The van der Waals surface area contributed by atoms with Gasteiger partial charge in [-0.2, -0.15) is 26.3 Å². The molecule has 0 bridgehead atoms. The summed E-state index contributed by atoms with van der Waals surface area (Å²) >= 11 is 0. The molecule has 2 aromatic rings. The molecule has 0 spiro atoms. The van der Waals surface area contributed by atoms with Crippen molar-refractivity contribution in [3.8, 4) is 0 Å². The molecule has 4 rings (SSSR count). The van der Waals surface area contributed by atoms with Crippen molar-refractivity contribution >= 4 is 5.91 Å². The summed E-state index contributed by atoms with van der Waals surface area (Å²) in [4.78, 5) is 15.8. The van der Waals surface area contributed by atoms with Crippen molar-refractivity contribution < 1.29 is 35.9 Å². The van der Waals surface area contributed by atoms with Crippen molar-refractivity contribution in [2.24, 2.45) is 5.92 Å². The van der Waals surface area contributed by atoms with Gasteiger partial charge >= 0.3 is 12.4 Å². The van der Waals surface area contributed by atoms with Crippen LogP contribution in [-0.4, -0.2) is 43.7 Å². The van der Waals surface area contributed by atoms with Crippen LogP contribution in [0.25, 0.3) is 0 Å². The molecule has 0 radical (unpaired) electrons. The van der Waals surface area contributed by atoms with Crippen molar-refractivity contribution in [1.82, 2.24) is 10.2 Å². The van der Waals surface area contributed by atoms with Crippen molar-refractivity contribution in [2.45, 2.75) is 56.4 Å². The number of hydrogen-bond donors (Lipinski definition) is 1. The molecule has 10 heteroatoms. The van der Waals surface area contributed by atoms with Gasteiger partial charge in [0.2, 0.25) is 5.91 Å². The second-order valence-electron chi connectivity index (χ2n) is 10.4. The SMILES string of the molecule is C[C@H](C(=O)NC1(c2ccccc2)CCC(CN2CCOCC2)CC1)c1cc(C(F)(F)F)cc(C(F)(F)F)c1. The summed E-state index contributed by atoms with van der Waals surface area (Å²) in [6.45, 7) is 5.45. The van der Waals surface area contributed by atoms with Gasteiger partial charge in [0.15, 0.2) is 0 Å². The van der Waals surface area contributed by atoms with E-state index >= 15 is 0 Å². The van der Waals surface area contributed by atoms with Gasteiger partial charge in [-0.25, -0.2) is 0 Å². The number of rotatable bonds is 6. The molecule has 38 heavy (non-hydrogen) atoms. The number of halogens is 6. The highest BCUT2D eigenvalue weighted by Crippen LogP contribution is 2.42. The third-order valence-corrected chi connectivity index (χ3v) is 7.77. The molecule has 1 aliphatic heterocycles. The highest BCUT2D eigenvalue weighted by Gasteiger charge is 2.41. The van der Waals surface area contributed by atoms with Crippen LogP contribution in [0, 0.1) is 5.92 Å². The summed E-state index contributed by atoms with van der Waals surface area (Å²) < 4.78 is 85.7. The summed E-state index contributed by atoms with van der Waals surface area (Å²) in [5.74, 6) is -1.39. The minimum absolute atomic E-state index is 0.0787. The van der Waals surface area contributed by atoms with Gasteiger partial charge in [-0.1, -0.05) is 30.3 Å². The van der Waals surface area contributed by atoms with E-state index in [4.69, 9.17) is 4.74 Å². The van der Waals surface area contributed by atoms with Crippen LogP contribution >= 0.6 is 0 Å². The zero-order chi connectivity index (χ0) is 27.6. The molecule has 2 aromatic carbocycles. The van der Waals surface area contributed by atoms with Crippen molar-refractivity contribution in [2.75, 3.05) is 32.8 Å². The Kier molecular flexibility index (Phi) is 8.42. The fourth-order valence-corrected chi connectivity index (χ4v) is 5.47. The predicted molar refractivity (Wildman–Crippen MR) is 130 cm³/mol. The lowest BCUT2D eigenvalue weighted by Crippen LogP contribution is -2.50. The number of morpholine rings is 1. The number of hydrogen-bond acceptors (Lipinski definition) is 3. The lowest BCUT2D eigenvalue weighted by Gasteiger charge is -2.43. The number of amides is 1. The standard InChI is InChI=1S/C28H32F6N2O2/c1-19(21-15-23(27(29,30)31)17-24(16-21)28(32,33)34)25(37)35-26(22-5-3-2-4-6-22)9-7-20(8-10-26)18-36-11-13-38-14-12-36/h2-6,15-17,19-20H,7-14,18H2,1H3,(H,35,37)/t19-,20?,26?/m0/s1. The molecule has 2 fully saturated rings. The third-order valence-electron chi connectivity index (χ3n) is 7.77. The van der Waals surface area contributed by atoms with Crippen LogP contribution in [0.4, 0.5) is 26.3 Å². The van der Waals surface area contributed by atoms with Crippen LogP contribution in [0.15, 0.2) is 48.5 Å². The molecule has 1 amide bonds. The zero-order valence-corrected chi connectivity index (χ0v) is 21.2. The fourth-order valence-electron chi connectivity index (χ4n) is 5.47. The quantitative estimate of drug-likeness (QED) is 0.432. The largest absolute Gasteiger partial charge is 0.416 e. The van der Waals surface area contributed by atoms with Crippen LogP contribution < -0.4 is 5.32 Å². The van der Waals surface area contributed by atoms with E-state index < -0.39 is 40.8 Å². The molecule has 1 saturated carbocycles. The Hall–Kier alpha value is -2.59. The molecule has 4 nitrogen and oxygen atoms in total. The van der Waals surface area contributed by atoms with Crippen LogP contribution in [-0.2, 0) is 27.4 Å². The maximum atomic E-state index is 13.4. The van der Waals surface area contributed by atoms with Crippen molar-refractivity contribution in [1.29, 1.82) is 0 Å². The first-order valence-electron chi connectivity index (χ1n) is 12.8. The Balaban J connectivity index is 1.55. The van der Waals surface area contributed by atoms with E-state index in [9.17, 15) is 31.1 Å². The lowest BCUT2D eigenvalue weighted by atomic mass is 9.72. The van der Waals surface area contributed by atoms with Gasteiger partial charge < -0.3 is 10.1 Å². The maximum absolute atomic E-state index is 13.4. The molecule has 1 aliphatic carbocycles. The van der Waals surface area contributed by atoms with Crippen molar-refractivity contribution in [3.05, 3.63) is 70.8 Å². The Morgan fingerprint density at radius 2 is 1.53 bits per heavy atom. The Labute approximate surface area is 218 Å². The molecule has 1 heterocycles. The molecule has 2 aliphatic rings. The molecule has 1 atom stereocenters. The smallest absolute Gasteiger partial charge is 0.379 e. The Morgan fingerprint density at radius 3 is 2.05 bits per heavy atom. The molecule has 0 unspecified atom stereocenters. The molecule has 208 valence electrons. The normalized spacial score (nSPS) is 24.1. The van der Waals surface area contributed by atoms with Crippen LogP contribution in [0.1, 0.15) is 60.8 Å². The van der Waals surface area contributed by atoms with E-state index in [-0.39, 0.29) is 11.6 Å². The number of ether oxygens (including phenoxy) is 1. The second kappa shape index (κ2) is 11.3. The average molecular weight is 543 g/mol. The lowest BCUT2D eigenvalue weighted by molar-refractivity contribution is -0.143. The van der Waals surface area contributed by atoms with Gasteiger partial charge in [-0.05, 0) is 67.9 Å². The van der Waals surface area contributed by atoms with E-state index in [1.54, 1.807) is 0 Å². The molecule has 0 aromatic heterocycles. The fraction of sp³-hybridized carbons (Fsp3) is 0.536. The highest BCUT2D eigenvalue weighted by atomic mass is 19.4. The van der Waals surface area contributed by atoms with E-state index in [0.717, 1.165) is 38.0 Å². The highest BCUT2D eigenvalue weighted by molar-refractivity contribution is 5.84. The van der Waals surface area contributed by atoms with Crippen LogP contribution in [0.5, 0.6) is 0 Å². The van der Waals surface area contributed by atoms with Crippen LogP contribution in [0.2, 0.25) is 0 Å². The Morgan fingerprint density at radius 1 is 0.974 bits per heavy atom. The molecule has 1 N–H and O–H groups in total. The van der Waals surface area contributed by atoms with Gasteiger partial charge in [0, 0.05) is 19.6 Å². The molecule has 1 saturated heterocycles. The van der Waals surface area contributed by atoms with E-state index in [0.29, 0.717) is 44.1 Å². The first-order chi connectivity index (χ1) is 17.9. The summed E-state index contributed by atoms with van der Waals surface area (Å²) in [7, 11) is 0. The maximum Gasteiger partial charge on any atom is 0.416 e. The second-order valence-corrected chi connectivity index (χ2v) is 10.4. The first kappa shape index (κ1) is 28.4. The summed E-state index contributed by atoms with van der Waals surface area (Å²) in [6.07, 6.45) is -7.03. The summed E-state index contributed by atoms with van der Waals surface area (Å²) in [5, 5.41) is 3.05. The number of benzene rings is 2. The Bertz CT molecular complexity index is 1060. The van der Waals surface area contributed by atoms with Gasteiger partial charge in [0.05, 0.1) is 35.8 Å². The molecular weight excluding hydrogens is 510 g/mol. The third kappa shape index (κ3) is 6.69. The topological polar surface area (TPSA) is 41.6 Å². The summed E-state index contributed by atoms with van der Waals surface area (Å²) in [5.41, 5.74) is -3.05. The van der Waals surface area contributed by atoms with Gasteiger partial charge in [0.25, 0.3) is 0 Å². The average Bonchev–Trinajstić information content (AvgIpc) is 2.89. The van der Waals surface area contributed by atoms with E-state index in [1.165, 1.54) is 6.92 Å². The van der Waals surface area contributed by atoms with Crippen molar-refractivity contribution in [3.63, 3.8) is 0 Å². The first-order valence-corrected chi connectivity index (χ1v) is 12.8. The number of carbonyl (C=O) groups excluding carboxylic acids is 1. The van der Waals surface area contributed by atoms with E-state index in [2.05, 4.69) is 10.2 Å². The number of carbonyl (C=O) groups is 1. The predicted octanol–water partition coefficient (Wildman–Crippen LogP) is 6.36. The number of alkyl halides is 6.